The summed E-state index contributed by atoms with van der Waals surface area (Å²) in [4.78, 5) is 14.2. The topological polar surface area (TPSA) is 45.9 Å². The van der Waals surface area contributed by atoms with Crippen molar-refractivity contribution in [1.82, 2.24) is 19.3 Å². The maximum atomic E-state index is 5.25. The van der Waals surface area contributed by atoms with E-state index in [4.69, 9.17) is 9.72 Å². The van der Waals surface area contributed by atoms with E-state index in [-0.39, 0.29) is 0 Å². The fourth-order valence-electron chi connectivity index (χ4n) is 3.65. The van der Waals surface area contributed by atoms with Crippen molar-refractivity contribution in [1.29, 1.82) is 0 Å². The number of aromatic nitrogens is 3. The van der Waals surface area contributed by atoms with Crippen molar-refractivity contribution in [2.75, 3.05) is 38.2 Å². The van der Waals surface area contributed by atoms with Crippen LogP contribution in [0.2, 0.25) is 0 Å². The van der Waals surface area contributed by atoms with Gasteiger partial charge in [-0.15, -0.1) is 0 Å². The molecule has 1 aromatic carbocycles. The predicted molar refractivity (Wildman–Crippen MR) is 111 cm³/mol. The molecule has 0 unspecified atom stereocenters. The van der Waals surface area contributed by atoms with Crippen molar-refractivity contribution in [2.24, 2.45) is 0 Å². The molecule has 27 heavy (non-hydrogen) atoms. The van der Waals surface area contributed by atoms with Crippen LogP contribution in [0.15, 0.2) is 34.9 Å². The van der Waals surface area contributed by atoms with E-state index in [0.717, 1.165) is 65.9 Å². The summed E-state index contributed by atoms with van der Waals surface area (Å²) in [5.74, 6) is 1.67. The van der Waals surface area contributed by atoms with Crippen molar-refractivity contribution in [3.05, 3.63) is 52.0 Å². The van der Waals surface area contributed by atoms with E-state index >= 15 is 0 Å². The largest absolute Gasteiger partial charge is 0.497 e. The highest BCUT2D eigenvalue weighted by atomic mass is 79.9. The fourth-order valence-corrected chi connectivity index (χ4v) is 4.30. The van der Waals surface area contributed by atoms with Gasteiger partial charge in [-0.25, -0.2) is 9.97 Å². The molecule has 0 bridgehead atoms. The molecule has 3 aromatic rings. The number of hydrogen-bond acceptors (Lipinski definition) is 5. The lowest BCUT2D eigenvalue weighted by atomic mass is 10.2. The van der Waals surface area contributed by atoms with E-state index in [1.54, 1.807) is 7.11 Å². The molecule has 6 nitrogen and oxygen atoms in total. The summed E-state index contributed by atoms with van der Waals surface area (Å²) in [5.41, 5.74) is 4.44. The summed E-state index contributed by atoms with van der Waals surface area (Å²) in [6, 6.07) is 10.4. The Labute approximate surface area is 167 Å². The van der Waals surface area contributed by atoms with Crippen molar-refractivity contribution < 1.29 is 4.74 Å². The van der Waals surface area contributed by atoms with Crippen molar-refractivity contribution in [2.45, 2.75) is 20.4 Å². The highest BCUT2D eigenvalue weighted by molar-refractivity contribution is 9.10. The zero-order valence-corrected chi connectivity index (χ0v) is 17.5. The minimum absolute atomic E-state index is 0.770. The third kappa shape index (κ3) is 3.66. The molecule has 1 fully saturated rings. The molecule has 1 saturated heterocycles. The Balaban J connectivity index is 1.44. The molecule has 1 aliphatic heterocycles. The zero-order chi connectivity index (χ0) is 19.0. The van der Waals surface area contributed by atoms with Gasteiger partial charge >= 0.3 is 0 Å². The average Bonchev–Trinajstić information content (AvgIpc) is 2.98. The summed E-state index contributed by atoms with van der Waals surface area (Å²) in [6.45, 7) is 8.97. The minimum atomic E-state index is 0.770. The third-order valence-electron chi connectivity index (χ3n) is 5.10. The molecule has 1 aliphatic rings. The van der Waals surface area contributed by atoms with Gasteiger partial charge in [-0.1, -0.05) is 0 Å². The molecular formula is C20H24BrN5O. The molecule has 3 heterocycles. The first-order valence-corrected chi connectivity index (χ1v) is 9.97. The molecule has 2 aromatic heterocycles. The fraction of sp³-hybridized carbons (Fsp3) is 0.400. The second-order valence-corrected chi connectivity index (χ2v) is 7.74. The molecule has 0 spiro atoms. The predicted octanol–water partition coefficient (Wildman–Crippen LogP) is 3.44. The lowest BCUT2D eigenvalue weighted by Gasteiger charge is -2.35. The standard InChI is InChI=1S/C20H24BrN5O/c1-14-12-15(2)26-19(21)18(23-20(26)22-14)13-24-8-10-25(11-9-24)16-4-6-17(27-3)7-5-16/h4-7,12H,8-11,13H2,1-3H3. The highest BCUT2D eigenvalue weighted by Crippen LogP contribution is 2.24. The van der Waals surface area contributed by atoms with Gasteiger partial charge in [0.25, 0.3) is 0 Å². The number of piperazine rings is 1. The zero-order valence-electron chi connectivity index (χ0n) is 15.9. The molecule has 0 N–H and O–H groups in total. The molecule has 0 amide bonds. The average molecular weight is 430 g/mol. The first kappa shape index (κ1) is 18.3. The number of aryl methyl sites for hydroxylation is 2. The number of anilines is 1. The summed E-state index contributed by atoms with van der Waals surface area (Å²) < 4.78 is 8.34. The number of imidazole rings is 1. The van der Waals surface area contributed by atoms with Crippen LogP contribution in [0.25, 0.3) is 5.78 Å². The van der Waals surface area contributed by atoms with Crippen LogP contribution >= 0.6 is 15.9 Å². The molecule has 0 aliphatic carbocycles. The normalized spacial score (nSPS) is 15.5. The number of fused-ring (bicyclic) bond motifs is 1. The Kier molecular flexibility index (Phi) is 5.06. The number of rotatable bonds is 4. The maximum Gasteiger partial charge on any atom is 0.235 e. The Hall–Kier alpha value is -2.12. The van der Waals surface area contributed by atoms with Gasteiger partial charge < -0.3 is 9.64 Å². The van der Waals surface area contributed by atoms with Crippen molar-refractivity contribution >= 4 is 27.4 Å². The number of nitrogens with zero attached hydrogens (tertiary/aromatic N) is 5. The van der Waals surface area contributed by atoms with E-state index in [1.165, 1.54) is 5.69 Å². The highest BCUT2D eigenvalue weighted by Gasteiger charge is 2.21. The van der Waals surface area contributed by atoms with Crippen molar-refractivity contribution in [3.8, 4) is 5.75 Å². The number of methoxy groups -OCH3 is 1. The van der Waals surface area contributed by atoms with E-state index in [1.807, 2.05) is 19.1 Å². The third-order valence-corrected chi connectivity index (χ3v) is 5.91. The quantitative estimate of drug-likeness (QED) is 0.635. The number of benzene rings is 1. The van der Waals surface area contributed by atoms with Gasteiger partial charge in [0.15, 0.2) is 0 Å². The molecule has 4 rings (SSSR count). The van der Waals surface area contributed by atoms with Crippen LogP contribution in [0.3, 0.4) is 0 Å². The van der Waals surface area contributed by atoms with Crippen LogP contribution in [0.4, 0.5) is 5.69 Å². The van der Waals surface area contributed by atoms with E-state index < -0.39 is 0 Å². The van der Waals surface area contributed by atoms with Crippen LogP contribution in [0.5, 0.6) is 5.75 Å². The van der Waals surface area contributed by atoms with Crippen LogP contribution in [-0.2, 0) is 6.54 Å². The number of hydrogen-bond donors (Lipinski definition) is 0. The van der Waals surface area contributed by atoms with Gasteiger partial charge in [-0.2, -0.15) is 0 Å². The second-order valence-electron chi connectivity index (χ2n) is 6.98. The molecular weight excluding hydrogens is 406 g/mol. The van der Waals surface area contributed by atoms with E-state index in [0.29, 0.717) is 0 Å². The molecule has 7 heteroatoms. The lowest BCUT2D eigenvalue weighted by molar-refractivity contribution is 0.247. The Morgan fingerprint density at radius 3 is 2.41 bits per heavy atom. The van der Waals surface area contributed by atoms with Crippen LogP contribution < -0.4 is 9.64 Å². The maximum absolute atomic E-state index is 5.25. The SMILES string of the molecule is COc1ccc(N2CCN(Cc3nc4nc(C)cc(C)n4c3Br)CC2)cc1. The van der Waals surface area contributed by atoms with Crippen LogP contribution in [0.1, 0.15) is 17.1 Å². The number of ether oxygens (including phenoxy) is 1. The number of halogens is 1. The smallest absolute Gasteiger partial charge is 0.235 e. The van der Waals surface area contributed by atoms with Gasteiger partial charge in [0.1, 0.15) is 10.4 Å². The molecule has 0 atom stereocenters. The van der Waals surface area contributed by atoms with Gasteiger partial charge in [0.05, 0.1) is 12.8 Å². The van der Waals surface area contributed by atoms with Crippen molar-refractivity contribution in [3.63, 3.8) is 0 Å². The van der Waals surface area contributed by atoms with Gasteiger partial charge in [-0.05, 0) is 60.1 Å². The van der Waals surface area contributed by atoms with E-state index in [2.05, 4.69) is 60.2 Å². The Bertz CT molecular complexity index is 945. The van der Waals surface area contributed by atoms with Gasteiger partial charge in [0, 0.05) is 49.8 Å². The van der Waals surface area contributed by atoms with Gasteiger partial charge in [0.2, 0.25) is 5.78 Å². The summed E-state index contributed by atoms with van der Waals surface area (Å²) in [6.07, 6.45) is 0. The molecule has 0 radical (unpaired) electrons. The lowest BCUT2D eigenvalue weighted by Crippen LogP contribution is -2.46. The Morgan fingerprint density at radius 2 is 1.74 bits per heavy atom. The molecule has 0 saturated carbocycles. The Morgan fingerprint density at radius 1 is 1.04 bits per heavy atom. The van der Waals surface area contributed by atoms with Gasteiger partial charge in [-0.3, -0.25) is 9.30 Å². The summed E-state index contributed by atoms with van der Waals surface area (Å²) >= 11 is 3.73. The van der Waals surface area contributed by atoms with Crippen LogP contribution in [0, 0.1) is 13.8 Å². The second kappa shape index (κ2) is 7.48. The monoisotopic (exact) mass is 429 g/mol. The van der Waals surface area contributed by atoms with E-state index in [9.17, 15) is 0 Å². The first-order chi connectivity index (χ1) is 13.0. The van der Waals surface area contributed by atoms with Crippen LogP contribution in [-0.4, -0.2) is 52.6 Å². The summed E-state index contributed by atoms with van der Waals surface area (Å²) in [5, 5.41) is 0. The first-order valence-electron chi connectivity index (χ1n) is 9.17. The minimum Gasteiger partial charge on any atom is -0.497 e. The molecule has 142 valence electrons. The summed E-state index contributed by atoms with van der Waals surface area (Å²) in [7, 11) is 1.70.